The minimum absolute atomic E-state index is 0.311. The summed E-state index contributed by atoms with van der Waals surface area (Å²) in [6.45, 7) is 2.20. The van der Waals surface area contributed by atoms with Crippen LogP contribution in [0.2, 0.25) is 5.02 Å². The molecule has 9 heteroatoms. The number of hydrogen-bond acceptors (Lipinski definition) is 6. The number of anilines is 1. The lowest BCUT2D eigenvalue weighted by Gasteiger charge is -2.03. The fraction of sp³-hybridized carbons (Fsp3) is 0.130. The Bertz CT molecular complexity index is 1270. The predicted octanol–water partition coefficient (Wildman–Crippen LogP) is 5.06. The number of nitrogens with zero attached hydrogens (tertiary/aromatic N) is 3. The maximum absolute atomic E-state index is 13.2. The van der Waals surface area contributed by atoms with E-state index < -0.39 is 5.97 Å². The maximum Gasteiger partial charge on any atom is 0.350 e. The van der Waals surface area contributed by atoms with Crippen molar-refractivity contribution in [1.82, 2.24) is 14.8 Å². The van der Waals surface area contributed by atoms with Gasteiger partial charge in [-0.1, -0.05) is 65.4 Å². The fourth-order valence-corrected chi connectivity index (χ4v) is 4.16. The average molecular weight is 467 g/mol. The minimum Gasteiger partial charge on any atom is -0.465 e. The van der Waals surface area contributed by atoms with Crippen molar-refractivity contribution >= 4 is 39.9 Å². The molecule has 2 aromatic heterocycles. The van der Waals surface area contributed by atoms with Crippen LogP contribution in [-0.2, 0) is 11.3 Å². The third-order valence-electron chi connectivity index (χ3n) is 4.70. The van der Waals surface area contributed by atoms with Gasteiger partial charge in [-0.3, -0.25) is 14.8 Å². The predicted molar refractivity (Wildman–Crippen MR) is 124 cm³/mol. The molecule has 0 bridgehead atoms. The molecule has 162 valence electrons. The second-order valence-corrected chi connectivity index (χ2v) is 8.40. The Hall–Kier alpha value is -3.49. The first-order chi connectivity index (χ1) is 15.4. The number of hydrogen-bond donors (Lipinski definition) is 1. The lowest BCUT2D eigenvalue weighted by atomic mass is 10.1. The number of nitrogens with one attached hydrogen (secondary N) is 1. The Morgan fingerprint density at radius 3 is 2.53 bits per heavy atom. The Balaban J connectivity index is 1.67. The van der Waals surface area contributed by atoms with E-state index in [0.717, 1.165) is 22.5 Å². The zero-order valence-electron chi connectivity index (χ0n) is 17.3. The van der Waals surface area contributed by atoms with Crippen LogP contribution >= 0.6 is 22.9 Å². The van der Waals surface area contributed by atoms with Crippen LogP contribution in [0.15, 0.2) is 60.8 Å². The van der Waals surface area contributed by atoms with Crippen molar-refractivity contribution in [1.29, 1.82) is 0 Å². The highest BCUT2D eigenvalue weighted by Crippen LogP contribution is 2.27. The van der Waals surface area contributed by atoms with Gasteiger partial charge in [0.1, 0.15) is 10.6 Å². The molecular formula is C23H19ClN4O3S. The van der Waals surface area contributed by atoms with E-state index >= 15 is 0 Å². The van der Waals surface area contributed by atoms with Gasteiger partial charge in [0.15, 0.2) is 5.13 Å². The summed E-state index contributed by atoms with van der Waals surface area (Å²) in [7, 11) is 1.30. The van der Waals surface area contributed by atoms with Gasteiger partial charge in [0.25, 0.3) is 5.91 Å². The Labute approximate surface area is 193 Å². The van der Waals surface area contributed by atoms with Crippen molar-refractivity contribution in [3.8, 4) is 11.3 Å². The summed E-state index contributed by atoms with van der Waals surface area (Å²) in [5.41, 5.74) is 3.22. The van der Waals surface area contributed by atoms with Crippen molar-refractivity contribution in [3.05, 3.63) is 87.5 Å². The third-order valence-corrected chi connectivity index (χ3v) is 6.00. The molecular weight excluding hydrogens is 448 g/mol. The normalized spacial score (nSPS) is 10.7. The zero-order chi connectivity index (χ0) is 22.7. The molecule has 32 heavy (non-hydrogen) atoms. The largest absolute Gasteiger partial charge is 0.465 e. The smallest absolute Gasteiger partial charge is 0.350 e. The van der Waals surface area contributed by atoms with Crippen LogP contribution in [0.1, 0.15) is 31.3 Å². The number of thiazole rings is 1. The monoisotopic (exact) mass is 466 g/mol. The topological polar surface area (TPSA) is 86.1 Å². The zero-order valence-corrected chi connectivity index (χ0v) is 18.9. The summed E-state index contributed by atoms with van der Waals surface area (Å²) in [6, 6.07) is 17.0. The molecule has 0 saturated heterocycles. The standard InChI is InChI=1S/C23H19ClN4O3S/c1-14-20(22(30)31-2)32-23(25-14)26-21(29)18-13-28(12-15-6-4-3-5-7-15)27-19(18)16-8-10-17(24)11-9-16/h3-11,13H,12H2,1-2H3,(H,25,26,29). The van der Waals surface area contributed by atoms with E-state index in [9.17, 15) is 9.59 Å². The molecule has 2 aromatic carbocycles. The van der Waals surface area contributed by atoms with Gasteiger partial charge in [-0.2, -0.15) is 5.10 Å². The number of ether oxygens (including phenoxy) is 1. The van der Waals surface area contributed by atoms with Gasteiger partial charge >= 0.3 is 5.97 Å². The number of aromatic nitrogens is 3. The summed E-state index contributed by atoms with van der Waals surface area (Å²) in [5.74, 6) is -0.863. The summed E-state index contributed by atoms with van der Waals surface area (Å²) in [5, 5.41) is 8.34. The van der Waals surface area contributed by atoms with E-state index in [0.29, 0.717) is 38.5 Å². The highest BCUT2D eigenvalue weighted by atomic mass is 35.5. The fourth-order valence-electron chi connectivity index (χ4n) is 3.16. The van der Waals surface area contributed by atoms with E-state index in [1.54, 1.807) is 29.9 Å². The first-order valence-corrected chi connectivity index (χ1v) is 10.9. The number of halogens is 1. The average Bonchev–Trinajstić information content (AvgIpc) is 3.38. The van der Waals surface area contributed by atoms with Crippen molar-refractivity contribution in [2.45, 2.75) is 13.5 Å². The van der Waals surface area contributed by atoms with E-state index in [4.69, 9.17) is 16.3 Å². The van der Waals surface area contributed by atoms with Crippen LogP contribution in [0.5, 0.6) is 0 Å². The van der Waals surface area contributed by atoms with Crippen LogP contribution < -0.4 is 5.32 Å². The molecule has 0 aliphatic rings. The van der Waals surface area contributed by atoms with E-state index in [2.05, 4.69) is 15.4 Å². The van der Waals surface area contributed by atoms with Crippen LogP contribution in [-0.4, -0.2) is 33.8 Å². The molecule has 1 amide bonds. The van der Waals surface area contributed by atoms with Crippen LogP contribution in [0.4, 0.5) is 5.13 Å². The summed E-state index contributed by atoms with van der Waals surface area (Å²) in [4.78, 5) is 29.6. The van der Waals surface area contributed by atoms with Gasteiger partial charge in [-0.05, 0) is 24.6 Å². The summed E-state index contributed by atoms with van der Waals surface area (Å²) in [6.07, 6.45) is 1.70. The lowest BCUT2D eigenvalue weighted by molar-refractivity contribution is 0.0605. The molecule has 0 fully saturated rings. The highest BCUT2D eigenvalue weighted by molar-refractivity contribution is 7.17. The minimum atomic E-state index is -0.488. The molecule has 0 saturated carbocycles. The van der Waals surface area contributed by atoms with Gasteiger partial charge in [0.2, 0.25) is 0 Å². The van der Waals surface area contributed by atoms with Crippen molar-refractivity contribution < 1.29 is 14.3 Å². The molecule has 0 aliphatic carbocycles. The number of esters is 1. The van der Waals surface area contributed by atoms with Gasteiger partial charge in [-0.25, -0.2) is 9.78 Å². The van der Waals surface area contributed by atoms with Gasteiger partial charge in [0.05, 0.1) is 24.9 Å². The lowest BCUT2D eigenvalue weighted by Crippen LogP contribution is -2.12. The molecule has 0 aliphatic heterocycles. The molecule has 2 heterocycles. The number of methoxy groups -OCH3 is 1. The third kappa shape index (κ3) is 4.71. The van der Waals surface area contributed by atoms with Gasteiger partial charge < -0.3 is 4.74 Å². The first-order valence-electron chi connectivity index (χ1n) is 9.69. The Kier molecular flexibility index (Phi) is 6.34. The molecule has 0 radical (unpaired) electrons. The molecule has 0 spiro atoms. The van der Waals surface area contributed by atoms with E-state index in [1.165, 1.54) is 7.11 Å². The highest BCUT2D eigenvalue weighted by Gasteiger charge is 2.21. The molecule has 4 aromatic rings. The second-order valence-electron chi connectivity index (χ2n) is 6.96. The second kappa shape index (κ2) is 9.33. The summed E-state index contributed by atoms with van der Waals surface area (Å²) < 4.78 is 6.48. The SMILES string of the molecule is COC(=O)c1sc(NC(=O)c2cn(Cc3ccccc3)nc2-c2ccc(Cl)cc2)nc1C. The molecule has 7 nitrogen and oxygen atoms in total. The Morgan fingerprint density at radius 1 is 1.12 bits per heavy atom. The number of amides is 1. The Morgan fingerprint density at radius 2 is 1.84 bits per heavy atom. The quantitative estimate of drug-likeness (QED) is 0.401. The van der Waals surface area contributed by atoms with Gasteiger partial charge in [0, 0.05) is 16.8 Å². The van der Waals surface area contributed by atoms with Crippen molar-refractivity contribution in [2.75, 3.05) is 12.4 Å². The molecule has 1 N–H and O–H groups in total. The van der Waals surface area contributed by atoms with Gasteiger partial charge in [-0.15, -0.1) is 0 Å². The number of carbonyl (C=O) groups excluding carboxylic acids is 2. The number of carbonyl (C=O) groups is 2. The van der Waals surface area contributed by atoms with E-state index in [-0.39, 0.29) is 5.91 Å². The first kappa shape index (κ1) is 21.7. The molecule has 4 rings (SSSR count). The van der Waals surface area contributed by atoms with E-state index in [1.807, 2.05) is 42.5 Å². The van der Waals surface area contributed by atoms with Crippen LogP contribution in [0.25, 0.3) is 11.3 Å². The molecule has 0 atom stereocenters. The van der Waals surface area contributed by atoms with Crippen molar-refractivity contribution in [2.24, 2.45) is 0 Å². The van der Waals surface area contributed by atoms with Crippen molar-refractivity contribution in [3.63, 3.8) is 0 Å². The number of aryl methyl sites for hydroxylation is 1. The summed E-state index contributed by atoms with van der Waals surface area (Å²) >= 11 is 7.09. The maximum atomic E-state index is 13.2. The number of benzene rings is 2. The van der Waals surface area contributed by atoms with Crippen LogP contribution in [0.3, 0.4) is 0 Å². The number of rotatable bonds is 6. The molecule has 0 unspecified atom stereocenters. The van der Waals surface area contributed by atoms with Crippen LogP contribution in [0, 0.1) is 6.92 Å².